The summed E-state index contributed by atoms with van der Waals surface area (Å²) in [5.41, 5.74) is 5.31. The topological polar surface area (TPSA) is 113 Å². The van der Waals surface area contributed by atoms with E-state index in [2.05, 4.69) is 0 Å². The van der Waals surface area contributed by atoms with Crippen LogP contribution in [0, 0.1) is 5.92 Å². The third-order valence-electron chi connectivity index (χ3n) is 4.10. The van der Waals surface area contributed by atoms with Crippen molar-refractivity contribution in [2.75, 3.05) is 39.4 Å². The number of hydrogen-bond donors (Lipinski definition) is 2. The van der Waals surface area contributed by atoms with Crippen LogP contribution in [0.4, 0.5) is 0 Å². The summed E-state index contributed by atoms with van der Waals surface area (Å²) in [6.45, 7) is 2.18. The standard InChI is InChI=1S/C13H21N3O5/c14-12(18)10-8-21-6-5-16(10)7-11(17)15-3-1-9(2-4-15)13(19)20/h9-10H,1-8H2,(H2,14,18)(H,19,20). The van der Waals surface area contributed by atoms with Crippen LogP contribution in [0.3, 0.4) is 0 Å². The fourth-order valence-corrected chi connectivity index (χ4v) is 2.74. The first-order chi connectivity index (χ1) is 9.99. The quantitative estimate of drug-likeness (QED) is 0.653. The molecule has 3 N–H and O–H groups in total. The maximum absolute atomic E-state index is 12.3. The molecule has 2 heterocycles. The molecular formula is C13H21N3O5. The second kappa shape index (κ2) is 6.86. The zero-order chi connectivity index (χ0) is 15.4. The van der Waals surface area contributed by atoms with E-state index < -0.39 is 17.9 Å². The number of ether oxygens (including phenoxy) is 1. The first kappa shape index (κ1) is 15.7. The lowest BCUT2D eigenvalue weighted by Gasteiger charge is -2.36. The van der Waals surface area contributed by atoms with Crippen molar-refractivity contribution in [2.24, 2.45) is 11.7 Å². The van der Waals surface area contributed by atoms with Gasteiger partial charge < -0.3 is 20.5 Å². The number of carboxylic acids is 1. The van der Waals surface area contributed by atoms with Crippen molar-refractivity contribution >= 4 is 17.8 Å². The van der Waals surface area contributed by atoms with Gasteiger partial charge in [-0.1, -0.05) is 0 Å². The van der Waals surface area contributed by atoms with E-state index in [9.17, 15) is 14.4 Å². The third kappa shape index (κ3) is 3.92. The second-order valence-electron chi connectivity index (χ2n) is 5.46. The highest BCUT2D eigenvalue weighted by atomic mass is 16.5. The number of primary amides is 1. The molecule has 2 aliphatic heterocycles. The van der Waals surface area contributed by atoms with Crippen molar-refractivity contribution in [2.45, 2.75) is 18.9 Å². The Kier molecular flexibility index (Phi) is 5.13. The van der Waals surface area contributed by atoms with E-state index in [4.69, 9.17) is 15.6 Å². The Balaban J connectivity index is 1.86. The van der Waals surface area contributed by atoms with Gasteiger partial charge in [-0.15, -0.1) is 0 Å². The first-order valence-electron chi connectivity index (χ1n) is 7.10. The number of aliphatic carboxylic acids is 1. The highest BCUT2D eigenvalue weighted by molar-refractivity contribution is 5.83. The van der Waals surface area contributed by atoms with Crippen LogP contribution in [0.15, 0.2) is 0 Å². The SMILES string of the molecule is NC(=O)C1COCCN1CC(=O)N1CCC(C(=O)O)CC1. The Hall–Kier alpha value is -1.67. The Morgan fingerprint density at radius 3 is 2.43 bits per heavy atom. The van der Waals surface area contributed by atoms with Gasteiger partial charge in [0.25, 0.3) is 0 Å². The van der Waals surface area contributed by atoms with Gasteiger partial charge in [0.05, 0.1) is 25.7 Å². The molecule has 0 radical (unpaired) electrons. The number of nitrogens with two attached hydrogens (primary N) is 1. The molecule has 21 heavy (non-hydrogen) atoms. The van der Waals surface area contributed by atoms with Gasteiger partial charge in [0.1, 0.15) is 6.04 Å². The number of hydrogen-bond acceptors (Lipinski definition) is 5. The van der Waals surface area contributed by atoms with Crippen LogP contribution in [0.2, 0.25) is 0 Å². The fraction of sp³-hybridized carbons (Fsp3) is 0.769. The molecule has 118 valence electrons. The second-order valence-corrected chi connectivity index (χ2v) is 5.46. The van der Waals surface area contributed by atoms with Crippen LogP contribution in [-0.2, 0) is 19.1 Å². The molecule has 0 saturated carbocycles. The van der Waals surface area contributed by atoms with Gasteiger partial charge >= 0.3 is 5.97 Å². The summed E-state index contributed by atoms with van der Waals surface area (Å²) in [4.78, 5) is 37.9. The lowest BCUT2D eigenvalue weighted by atomic mass is 9.97. The van der Waals surface area contributed by atoms with Crippen LogP contribution in [0.25, 0.3) is 0 Å². The maximum atomic E-state index is 12.3. The molecule has 8 nitrogen and oxygen atoms in total. The molecule has 2 saturated heterocycles. The number of likely N-dealkylation sites (tertiary alicyclic amines) is 1. The summed E-state index contributed by atoms with van der Waals surface area (Å²) in [6, 6.07) is -0.570. The zero-order valence-corrected chi connectivity index (χ0v) is 11.9. The average Bonchev–Trinajstić information content (AvgIpc) is 2.47. The Bertz CT molecular complexity index is 420. The van der Waals surface area contributed by atoms with E-state index in [0.29, 0.717) is 39.1 Å². The maximum Gasteiger partial charge on any atom is 0.306 e. The molecule has 0 aliphatic carbocycles. The molecule has 2 fully saturated rings. The van der Waals surface area contributed by atoms with E-state index >= 15 is 0 Å². The Labute approximate surface area is 122 Å². The van der Waals surface area contributed by atoms with Gasteiger partial charge in [-0.3, -0.25) is 19.3 Å². The summed E-state index contributed by atoms with van der Waals surface area (Å²) in [6.07, 6.45) is 0.951. The summed E-state index contributed by atoms with van der Waals surface area (Å²) in [5, 5.41) is 8.94. The molecule has 0 bridgehead atoms. The molecule has 8 heteroatoms. The van der Waals surface area contributed by atoms with Crippen LogP contribution < -0.4 is 5.73 Å². The molecule has 1 unspecified atom stereocenters. The lowest BCUT2D eigenvalue weighted by Crippen LogP contribution is -2.56. The van der Waals surface area contributed by atoms with Crippen LogP contribution >= 0.6 is 0 Å². The number of rotatable bonds is 4. The zero-order valence-electron chi connectivity index (χ0n) is 11.9. The minimum absolute atomic E-state index is 0.0908. The predicted molar refractivity (Wildman–Crippen MR) is 72.3 cm³/mol. The molecule has 2 rings (SSSR count). The minimum atomic E-state index is -0.802. The van der Waals surface area contributed by atoms with E-state index in [0.717, 1.165) is 0 Å². The predicted octanol–water partition coefficient (Wildman–Crippen LogP) is -1.50. The number of carbonyl (C=O) groups excluding carboxylic acids is 2. The molecule has 2 amide bonds. The first-order valence-corrected chi connectivity index (χ1v) is 7.10. The summed E-state index contributed by atoms with van der Waals surface area (Å²) >= 11 is 0. The van der Waals surface area contributed by atoms with Crippen LogP contribution in [0.5, 0.6) is 0 Å². The van der Waals surface area contributed by atoms with Gasteiger partial charge in [-0.25, -0.2) is 0 Å². The van der Waals surface area contributed by atoms with E-state index in [-0.39, 0.29) is 25.0 Å². The highest BCUT2D eigenvalue weighted by Crippen LogP contribution is 2.18. The Morgan fingerprint density at radius 1 is 1.19 bits per heavy atom. The van der Waals surface area contributed by atoms with Crippen molar-refractivity contribution < 1.29 is 24.2 Å². The number of nitrogens with zero attached hydrogens (tertiary/aromatic N) is 2. The van der Waals surface area contributed by atoms with Gasteiger partial charge in [0.2, 0.25) is 11.8 Å². The number of carbonyl (C=O) groups is 3. The number of carboxylic acid groups (broad SMARTS) is 1. The van der Waals surface area contributed by atoms with Gasteiger partial charge in [-0.05, 0) is 12.8 Å². The third-order valence-corrected chi connectivity index (χ3v) is 4.10. The van der Waals surface area contributed by atoms with E-state index in [1.165, 1.54) is 0 Å². The van der Waals surface area contributed by atoms with Crippen molar-refractivity contribution in [3.05, 3.63) is 0 Å². The van der Waals surface area contributed by atoms with Crippen molar-refractivity contribution in [1.82, 2.24) is 9.80 Å². The van der Waals surface area contributed by atoms with Crippen LogP contribution in [0.1, 0.15) is 12.8 Å². The van der Waals surface area contributed by atoms with Crippen molar-refractivity contribution in [1.29, 1.82) is 0 Å². The monoisotopic (exact) mass is 299 g/mol. The smallest absolute Gasteiger partial charge is 0.306 e. The summed E-state index contributed by atoms with van der Waals surface area (Å²) in [5.74, 6) is -1.75. The average molecular weight is 299 g/mol. The lowest BCUT2D eigenvalue weighted by molar-refractivity contribution is -0.147. The molecule has 0 aromatic heterocycles. The molecule has 0 spiro atoms. The summed E-state index contributed by atoms with van der Waals surface area (Å²) in [7, 11) is 0. The van der Waals surface area contributed by atoms with Crippen LogP contribution in [-0.4, -0.2) is 78.1 Å². The van der Waals surface area contributed by atoms with E-state index in [1.54, 1.807) is 9.80 Å². The van der Waals surface area contributed by atoms with Crippen molar-refractivity contribution in [3.8, 4) is 0 Å². The Morgan fingerprint density at radius 2 is 1.86 bits per heavy atom. The van der Waals surface area contributed by atoms with E-state index in [1.807, 2.05) is 0 Å². The van der Waals surface area contributed by atoms with Gasteiger partial charge in [0, 0.05) is 19.6 Å². The largest absolute Gasteiger partial charge is 0.481 e. The summed E-state index contributed by atoms with van der Waals surface area (Å²) < 4.78 is 5.21. The van der Waals surface area contributed by atoms with Crippen molar-refractivity contribution in [3.63, 3.8) is 0 Å². The molecule has 2 aliphatic rings. The minimum Gasteiger partial charge on any atom is -0.481 e. The molecule has 0 aromatic rings. The number of piperidine rings is 1. The van der Waals surface area contributed by atoms with Gasteiger partial charge in [0.15, 0.2) is 0 Å². The highest BCUT2D eigenvalue weighted by Gasteiger charge is 2.32. The number of morpholine rings is 1. The fourth-order valence-electron chi connectivity index (χ4n) is 2.74. The molecule has 1 atom stereocenters. The number of amides is 2. The van der Waals surface area contributed by atoms with Gasteiger partial charge in [-0.2, -0.15) is 0 Å². The molecule has 0 aromatic carbocycles. The molecular weight excluding hydrogens is 278 g/mol. The normalized spacial score (nSPS) is 24.8.